The van der Waals surface area contributed by atoms with Crippen LogP contribution in [0.5, 0.6) is 0 Å². The first kappa shape index (κ1) is 14.3. The number of carboxylic acid groups (broad SMARTS) is 1. The highest BCUT2D eigenvalue weighted by atomic mass is 19.1. The highest BCUT2D eigenvalue weighted by Crippen LogP contribution is 2.31. The Bertz CT molecular complexity index is 842. The van der Waals surface area contributed by atoms with Gasteiger partial charge in [-0.2, -0.15) is 0 Å². The first-order valence-electron chi connectivity index (χ1n) is 7.08. The van der Waals surface area contributed by atoms with Crippen LogP contribution in [-0.4, -0.2) is 20.6 Å². The van der Waals surface area contributed by atoms with Crippen LogP contribution in [0.15, 0.2) is 48.5 Å². The Morgan fingerprint density at radius 1 is 1.23 bits per heavy atom. The van der Waals surface area contributed by atoms with Gasteiger partial charge in [0.05, 0.1) is 16.6 Å². The van der Waals surface area contributed by atoms with Crippen LogP contribution in [0.2, 0.25) is 0 Å². The second-order valence-corrected chi connectivity index (χ2v) is 5.04. The number of halogens is 1. The number of nitrogens with zero attached hydrogens (tertiary/aromatic N) is 2. The van der Waals surface area contributed by atoms with E-state index in [1.54, 1.807) is 41.8 Å². The summed E-state index contributed by atoms with van der Waals surface area (Å²) in [4.78, 5) is 16.1. The topological polar surface area (TPSA) is 55.1 Å². The number of fused-ring (bicyclic) bond motifs is 1. The standard InChI is InChI=1S/C17H15FN2O2/c1-2-14(17(21)22)20-15-10-6-5-9-13(15)19-16(20)11-7-3-4-8-12(11)18/h3-10,14H,2H2,1H3,(H,21,22). The molecule has 0 amide bonds. The van der Waals surface area contributed by atoms with E-state index >= 15 is 0 Å². The van der Waals surface area contributed by atoms with Gasteiger partial charge in [0.1, 0.15) is 17.7 Å². The van der Waals surface area contributed by atoms with Gasteiger partial charge in [0.15, 0.2) is 0 Å². The molecule has 22 heavy (non-hydrogen) atoms. The molecule has 0 aliphatic rings. The van der Waals surface area contributed by atoms with Crippen LogP contribution in [-0.2, 0) is 4.79 Å². The second kappa shape index (κ2) is 5.60. The first-order chi connectivity index (χ1) is 10.6. The van der Waals surface area contributed by atoms with Gasteiger partial charge >= 0.3 is 5.97 Å². The smallest absolute Gasteiger partial charge is 0.326 e. The molecule has 1 N–H and O–H groups in total. The Morgan fingerprint density at radius 3 is 2.59 bits per heavy atom. The second-order valence-electron chi connectivity index (χ2n) is 5.04. The summed E-state index contributed by atoms with van der Waals surface area (Å²) < 4.78 is 15.8. The van der Waals surface area contributed by atoms with Crippen LogP contribution < -0.4 is 0 Å². The van der Waals surface area contributed by atoms with Gasteiger partial charge in [-0.25, -0.2) is 14.2 Å². The predicted molar refractivity (Wildman–Crippen MR) is 82.1 cm³/mol. The van der Waals surface area contributed by atoms with Gasteiger partial charge in [-0.3, -0.25) is 0 Å². The zero-order valence-electron chi connectivity index (χ0n) is 12.0. The van der Waals surface area contributed by atoms with E-state index in [0.717, 1.165) is 0 Å². The molecule has 112 valence electrons. The van der Waals surface area contributed by atoms with Crippen molar-refractivity contribution in [3.8, 4) is 11.4 Å². The maximum absolute atomic E-state index is 14.2. The molecule has 0 radical (unpaired) electrons. The van der Waals surface area contributed by atoms with E-state index < -0.39 is 17.8 Å². The van der Waals surface area contributed by atoms with E-state index in [1.165, 1.54) is 6.07 Å². The molecule has 3 rings (SSSR count). The van der Waals surface area contributed by atoms with Crippen LogP contribution in [0.25, 0.3) is 22.4 Å². The number of hydrogen-bond donors (Lipinski definition) is 1. The lowest BCUT2D eigenvalue weighted by molar-refractivity contribution is -0.140. The van der Waals surface area contributed by atoms with Crippen molar-refractivity contribution >= 4 is 17.0 Å². The lowest BCUT2D eigenvalue weighted by Gasteiger charge is -2.16. The minimum absolute atomic E-state index is 0.304. The summed E-state index contributed by atoms with van der Waals surface area (Å²) in [5.41, 5.74) is 1.65. The molecule has 0 saturated carbocycles. The molecule has 0 bridgehead atoms. The monoisotopic (exact) mass is 298 g/mol. The summed E-state index contributed by atoms with van der Waals surface area (Å²) in [6, 6.07) is 12.7. The fraction of sp³-hybridized carbons (Fsp3) is 0.176. The number of aliphatic carboxylic acids is 1. The van der Waals surface area contributed by atoms with Gasteiger partial charge in [-0.15, -0.1) is 0 Å². The van der Waals surface area contributed by atoms with Gasteiger partial charge in [0.25, 0.3) is 0 Å². The van der Waals surface area contributed by atoms with E-state index in [9.17, 15) is 14.3 Å². The molecule has 0 aliphatic heterocycles. The third-order valence-electron chi connectivity index (χ3n) is 3.69. The van der Waals surface area contributed by atoms with E-state index in [4.69, 9.17) is 0 Å². The Morgan fingerprint density at radius 2 is 1.91 bits per heavy atom. The molecule has 0 aliphatic carbocycles. The molecule has 1 heterocycles. The maximum Gasteiger partial charge on any atom is 0.326 e. The summed E-state index contributed by atoms with van der Waals surface area (Å²) in [7, 11) is 0. The highest BCUT2D eigenvalue weighted by molar-refractivity contribution is 5.84. The normalized spacial score (nSPS) is 12.5. The van der Waals surface area contributed by atoms with Crippen LogP contribution in [0.4, 0.5) is 4.39 Å². The Labute approximate surface area is 126 Å². The summed E-state index contributed by atoms with van der Waals surface area (Å²) >= 11 is 0. The number of para-hydroxylation sites is 2. The van der Waals surface area contributed by atoms with Crippen LogP contribution in [0.3, 0.4) is 0 Å². The lowest BCUT2D eigenvalue weighted by Crippen LogP contribution is -2.19. The van der Waals surface area contributed by atoms with Crippen molar-refractivity contribution in [1.29, 1.82) is 0 Å². The molecular weight excluding hydrogens is 283 g/mol. The average molecular weight is 298 g/mol. The zero-order valence-corrected chi connectivity index (χ0v) is 12.0. The van der Waals surface area contributed by atoms with Crippen molar-refractivity contribution < 1.29 is 14.3 Å². The van der Waals surface area contributed by atoms with E-state index in [0.29, 0.717) is 28.8 Å². The van der Waals surface area contributed by atoms with Crippen molar-refractivity contribution in [2.75, 3.05) is 0 Å². The number of rotatable bonds is 4. The molecular formula is C17H15FN2O2. The molecule has 0 saturated heterocycles. The Hall–Kier alpha value is -2.69. The molecule has 1 unspecified atom stereocenters. The minimum Gasteiger partial charge on any atom is -0.480 e. The van der Waals surface area contributed by atoms with Gasteiger partial charge in [0.2, 0.25) is 0 Å². The first-order valence-corrected chi connectivity index (χ1v) is 7.08. The predicted octanol–water partition coefficient (Wildman–Crippen LogP) is 3.88. The van der Waals surface area contributed by atoms with Crippen molar-refractivity contribution in [1.82, 2.24) is 9.55 Å². The lowest BCUT2D eigenvalue weighted by atomic mass is 10.1. The molecule has 2 aromatic carbocycles. The van der Waals surface area contributed by atoms with Crippen LogP contribution in [0.1, 0.15) is 19.4 Å². The quantitative estimate of drug-likeness (QED) is 0.795. The van der Waals surface area contributed by atoms with Crippen LogP contribution >= 0.6 is 0 Å². The van der Waals surface area contributed by atoms with Crippen molar-refractivity contribution in [2.45, 2.75) is 19.4 Å². The number of aromatic nitrogens is 2. The van der Waals surface area contributed by atoms with Gasteiger partial charge in [-0.1, -0.05) is 31.2 Å². The van der Waals surface area contributed by atoms with Crippen molar-refractivity contribution in [2.24, 2.45) is 0 Å². The van der Waals surface area contributed by atoms with E-state index in [-0.39, 0.29) is 0 Å². The summed E-state index contributed by atoms with van der Waals surface area (Å²) in [5, 5.41) is 9.50. The highest BCUT2D eigenvalue weighted by Gasteiger charge is 2.25. The largest absolute Gasteiger partial charge is 0.480 e. The molecule has 0 spiro atoms. The summed E-state index contributed by atoms with van der Waals surface area (Å²) in [6.07, 6.45) is 0.386. The number of carbonyl (C=O) groups is 1. The Kier molecular flexibility index (Phi) is 3.63. The van der Waals surface area contributed by atoms with Crippen molar-refractivity contribution in [3.63, 3.8) is 0 Å². The van der Waals surface area contributed by atoms with Gasteiger partial charge < -0.3 is 9.67 Å². The third-order valence-corrected chi connectivity index (χ3v) is 3.69. The SMILES string of the molecule is CCC(C(=O)O)n1c(-c2ccccc2F)nc2ccccc21. The number of imidazole rings is 1. The summed E-state index contributed by atoms with van der Waals surface area (Å²) in [6.45, 7) is 1.79. The summed E-state index contributed by atoms with van der Waals surface area (Å²) in [5.74, 6) is -1.03. The van der Waals surface area contributed by atoms with Crippen molar-refractivity contribution in [3.05, 3.63) is 54.3 Å². The van der Waals surface area contributed by atoms with E-state index in [1.807, 2.05) is 12.1 Å². The van der Waals surface area contributed by atoms with E-state index in [2.05, 4.69) is 4.98 Å². The molecule has 1 aromatic heterocycles. The minimum atomic E-state index is -0.955. The number of hydrogen-bond acceptors (Lipinski definition) is 2. The zero-order chi connectivity index (χ0) is 15.7. The number of carboxylic acids is 1. The molecule has 4 nitrogen and oxygen atoms in total. The average Bonchev–Trinajstić information content (AvgIpc) is 2.88. The fourth-order valence-corrected chi connectivity index (χ4v) is 2.66. The fourth-order valence-electron chi connectivity index (χ4n) is 2.66. The third kappa shape index (κ3) is 2.24. The molecule has 0 fully saturated rings. The molecule has 3 aromatic rings. The molecule has 1 atom stereocenters. The maximum atomic E-state index is 14.2. The number of benzene rings is 2. The van der Waals surface area contributed by atoms with Crippen LogP contribution in [0, 0.1) is 5.82 Å². The van der Waals surface area contributed by atoms with Gasteiger partial charge in [-0.05, 0) is 30.7 Å². The Balaban J connectivity index is 2.35. The molecule has 5 heteroatoms. The van der Waals surface area contributed by atoms with Gasteiger partial charge in [0, 0.05) is 0 Å².